The number of carbonyl (C=O) groups is 2. The molecule has 1 aromatic carbocycles. The van der Waals surface area contributed by atoms with Crippen LogP contribution in [0.1, 0.15) is 33.6 Å². The summed E-state index contributed by atoms with van der Waals surface area (Å²) < 4.78 is 11.2. The number of rotatable bonds is 13. The molecular weight excluding hydrogens is 358 g/mol. The van der Waals surface area contributed by atoms with Gasteiger partial charge in [0.25, 0.3) is 0 Å². The predicted octanol–water partition coefficient (Wildman–Crippen LogP) is 1.39. The van der Waals surface area contributed by atoms with Crippen LogP contribution in [-0.2, 0) is 29.4 Å². The molecule has 26 heavy (non-hydrogen) atoms. The van der Waals surface area contributed by atoms with E-state index in [0.29, 0.717) is 31.9 Å². The van der Waals surface area contributed by atoms with E-state index in [1.54, 1.807) is 29.2 Å². The van der Waals surface area contributed by atoms with Gasteiger partial charge >= 0.3 is 17.4 Å². The number of para-hydroxylation sites is 1. The summed E-state index contributed by atoms with van der Waals surface area (Å²) in [5, 5.41) is 20.6. The largest absolute Gasteiger partial charge is 0.550 e. The predicted molar refractivity (Wildman–Crippen MR) is 99.5 cm³/mol. The molecule has 1 N–H and O–H groups in total. The van der Waals surface area contributed by atoms with Crippen molar-refractivity contribution in [3.8, 4) is 0 Å². The monoisotopic (exact) mass is 385 g/mol. The van der Waals surface area contributed by atoms with Crippen LogP contribution in [0.25, 0.3) is 0 Å². The number of aliphatic carboxylic acids is 2. The Balaban J connectivity index is 2.95. The lowest BCUT2D eigenvalue weighted by molar-refractivity contribution is -0.306. The van der Waals surface area contributed by atoms with Crippen molar-refractivity contribution < 1.29 is 28.2 Å². The lowest BCUT2D eigenvalue weighted by Gasteiger charge is -2.31. The molecule has 0 radical (unpaired) electrons. The first kappa shape index (κ1) is 22.3. The van der Waals surface area contributed by atoms with E-state index in [1.807, 2.05) is 26.8 Å². The second-order valence-electron chi connectivity index (χ2n) is 5.63. The maximum absolute atomic E-state index is 11.7. The van der Waals surface area contributed by atoms with Crippen LogP contribution in [0.2, 0.25) is 0 Å². The number of carboxylic acid groups (broad SMARTS) is 2. The Bertz CT molecular complexity index is 550. The summed E-state index contributed by atoms with van der Waals surface area (Å²) in [6, 6.07) is 7.72. The van der Waals surface area contributed by atoms with Crippen LogP contribution in [0.4, 0.5) is 5.69 Å². The highest BCUT2D eigenvalue weighted by Crippen LogP contribution is 2.22. The number of carbonyl (C=O) groups excluding carboxylic acids is 1. The van der Waals surface area contributed by atoms with E-state index >= 15 is 0 Å². The summed E-state index contributed by atoms with van der Waals surface area (Å²) in [6.07, 6.45) is 0.01000. The van der Waals surface area contributed by atoms with Crippen LogP contribution in [0.3, 0.4) is 0 Å². The SMILES string of the molecule is CCO[S+](OCC)C(C)CCN(c1ccccc1)[C@@H](CC(=O)[O-])C(=O)O. The minimum atomic E-state index is -1.39. The zero-order chi connectivity index (χ0) is 19.5. The first-order valence-electron chi connectivity index (χ1n) is 8.64. The lowest BCUT2D eigenvalue weighted by Crippen LogP contribution is -2.46. The molecule has 0 amide bonds. The first-order chi connectivity index (χ1) is 12.4. The van der Waals surface area contributed by atoms with Gasteiger partial charge in [-0.05, 0) is 32.9 Å². The second kappa shape index (κ2) is 11.8. The molecule has 0 aliphatic rings. The molecular formula is C18H27NO6S. The average Bonchev–Trinajstić information content (AvgIpc) is 2.61. The van der Waals surface area contributed by atoms with Crippen LogP contribution >= 0.6 is 0 Å². The van der Waals surface area contributed by atoms with Gasteiger partial charge in [0.2, 0.25) is 0 Å². The Morgan fingerprint density at radius 2 is 1.77 bits per heavy atom. The van der Waals surface area contributed by atoms with Gasteiger partial charge in [0.15, 0.2) is 5.25 Å². The maximum Gasteiger partial charge on any atom is 0.326 e. The molecule has 0 aliphatic carbocycles. The van der Waals surface area contributed by atoms with Crippen LogP contribution in [0.5, 0.6) is 0 Å². The van der Waals surface area contributed by atoms with Crippen molar-refractivity contribution in [2.24, 2.45) is 0 Å². The van der Waals surface area contributed by atoms with Gasteiger partial charge in [-0.15, -0.1) is 8.37 Å². The highest BCUT2D eigenvalue weighted by Gasteiger charge is 2.33. The van der Waals surface area contributed by atoms with Crippen molar-refractivity contribution in [3.05, 3.63) is 30.3 Å². The van der Waals surface area contributed by atoms with E-state index in [2.05, 4.69) is 0 Å². The van der Waals surface area contributed by atoms with E-state index in [1.165, 1.54) is 0 Å². The molecule has 8 heteroatoms. The summed E-state index contributed by atoms with van der Waals surface area (Å²) in [5.74, 6) is -2.59. The molecule has 1 unspecified atom stereocenters. The third-order valence-electron chi connectivity index (χ3n) is 3.68. The van der Waals surface area contributed by atoms with Gasteiger partial charge in [0.05, 0.1) is 0 Å². The molecule has 0 saturated heterocycles. The van der Waals surface area contributed by atoms with Gasteiger partial charge < -0.3 is 19.9 Å². The number of carboxylic acids is 2. The zero-order valence-corrected chi connectivity index (χ0v) is 16.2. The van der Waals surface area contributed by atoms with Gasteiger partial charge in [-0.2, -0.15) is 0 Å². The van der Waals surface area contributed by atoms with Gasteiger partial charge in [0.1, 0.15) is 19.3 Å². The fraction of sp³-hybridized carbons (Fsp3) is 0.556. The minimum Gasteiger partial charge on any atom is -0.550 e. The third-order valence-corrected chi connectivity index (χ3v) is 5.51. The van der Waals surface area contributed by atoms with Gasteiger partial charge in [-0.25, -0.2) is 4.79 Å². The Kier molecular flexibility index (Phi) is 10.1. The molecule has 7 nitrogen and oxygen atoms in total. The summed E-state index contributed by atoms with van der Waals surface area (Å²) in [6.45, 7) is 7.17. The first-order valence-corrected chi connectivity index (χ1v) is 9.78. The van der Waals surface area contributed by atoms with E-state index in [-0.39, 0.29) is 5.25 Å². The Hall–Kier alpha value is -1.77. The minimum absolute atomic E-state index is 0.0403. The van der Waals surface area contributed by atoms with Gasteiger partial charge in [-0.3, -0.25) is 0 Å². The molecule has 2 atom stereocenters. The van der Waals surface area contributed by atoms with Crippen LogP contribution < -0.4 is 10.0 Å². The zero-order valence-electron chi connectivity index (χ0n) is 15.4. The average molecular weight is 385 g/mol. The number of hydrogen-bond donors (Lipinski definition) is 1. The molecule has 0 fully saturated rings. The topological polar surface area (TPSA) is 99.1 Å². The van der Waals surface area contributed by atoms with Crippen molar-refractivity contribution in [2.45, 2.75) is 44.9 Å². The van der Waals surface area contributed by atoms with Crippen molar-refractivity contribution in [1.82, 2.24) is 0 Å². The third kappa shape index (κ3) is 7.23. The summed E-state index contributed by atoms with van der Waals surface area (Å²) in [5.41, 5.74) is 0.654. The Labute approximate surface area is 157 Å². The lowest BCUT2D eigenvalue weighted by atomic mass is 10.1. The molecule has 0 heterocycles. The number of benzene rings is 1. The molecule has 1 rings (SSSR count). The van der Waals surface area contributed by atoms with Crippen molar-refractivity contribution >= 4 is 29.1 Å². The van der Waals surface area contributed by atoms with Crippen LogP contribution in [-0.4, -0.2) is 48.1 Å². The van der Waals surface area contributed by atoms with E-state index in [0.717, 1.165) is 0 Å². The van der Waals surface area contributed by atoms with Gasteiger partial charge in [-0.1, -0.05) is 18.2 Å². The molecule has 0 aromatic heterocycles. The highest BCUT2D eigenvalue weighted by molar-refractivity contribution is 7.88. The standard InChI is InChI=1S/C18H27NO6S/c1-4-24-26(25-5-2)14(3)11-12-19(15-9-7-6-8-10-15)16(18(22)23)13-17(20)21/h6-10,14,16H,4-5,11-13H2,1-3H3,(H-,20,21,22,23)/t14?,16-/m0/s1. The smallest absolute Gasteiger partial charge is 0.326 e. The fourth-order valence-corrected chi connectivity index (χ4v) is 3.78. The van der Waals surface area contributed by atoms with Crippen molar-refractivity contribution in [2.75, 3.05) is 24.7 Å². The summed E-state index contributed by atoms with van der Waals surface area (Å²) in [4.78, 5) is 24.3. The quantitative estimate of drug-likeness (QED) is 0.512. The molecule has 0 spiro atoms. The summed E-state index contributed by atoms with van der Waals surface area (Å²) in [7, 11) is 0. The molecule has 0 aliphatic heterocycles. The van der Waals surface area contributed by atoms with E-state index < -0.39 is 35.9 Å². The fourth-order valence-electron chi connectivity index (χ4n) is 2.49. The van der Waals surface area contributed by atoms with Crippen molar-refractivity contribution in [1.29, 1.82) is 0 Å². The summed E-state index contributed by atoms with van der Waals surface area (Å²) >= 11 is -0.680. The number of nitrogens with zero attached hydrogens (tertiary/aromatic N) is 1. The molecule has 146 valence electrons. The van der Waals surface area contributed by atoms with E-state index in [4.69, 9.17) is 8.37 Å². The number of hydrogen-bond acceptors (Lipinski definition) is 6. The van der Waals surface area contributed by atoms with E-state index in [9.17, 15) is 19.8 Å². The Morgan fingerprint density at radius 3 is 2.23 bits per heavy atom. The maximum atomic E-state index is 11.7. The Morgan fingerprint density at radius 1 is 1.19 bits per heavy atom. The molecule has 1 aromatic rings. The second-order valence-corrected chi connectivity index (χ2v) is 7.43. The van der Waals surface area contributed by atoms with Crippen LogP contribution in [0, 0.1) is 0 Å². The van der Waals surface area contributed by atoms with Crippen LogP contribution in [0.15, 0.2) is 30.3 Å². The number of anilines is 1. The molecule has 0 bridgehead atoms. The van der Waals surface area contributed by atoms with Crippen molar-refractivity contribution in [3.63, 3.8) is 0 Å². The van der Waals surface area contributed by atoms with Gasteiger partial charge in [0, 0.05) is 31.0 Å². The highest BCUT2D eigenvalue weighted by atomic mass is 32.2. The normalized spacial score (nSPS) is 13.4. The molecule has 0 saturated carbocycles.